The van der Waals surface area contributed by atoms with Crippen molar-refractivity contribution in [1.29, 1.82) is 0 Å². The molecule has 2 atom stereocenters. The molecule has 0 aliphatic rings. The van der Waals surface area contributed by atoms with E-state index in [1.54, 1.807) is 6.92 Å². The lowest BCUT2D eigenvalue weighted by Crippen LogP contribution is -2.30. The third-order valence-electron chi connectivity index (χ3n) is 1.87. The molecule has 0 spiro atoms. The minimum atomic E-state index is -0.770. The Bertz CT molecular complexity index is 243. The summed E-state index contributed by atoms with van der Waals surface area (Å²) < 4.78 is 5.09. The lowest BCUT2D eigenvalue weighted by Gasteiger charge is -2.21. The number of aliphatic hydroxyl groups excluding tert-OH is 1. The molecule has 0 heterocycles. The maximum atomic E-state index is 11.5. The van der Waals surface area contributed by atoms with Crippen molar-refractivity contribution in [3.05, 3.63) is 0 Å². The third-order valence-corrected chi connectivity index (χ3v) is 1.87. The SMILES string of the molecule is C#CC[C@H](C(=O)OCC(C)(C)C)[C@H](C)O. The first kappa shape index (κ1) is 14.0. The van der Waals surface area contributed by atoms with Crippen LogP contribution < -0.4 is 0 Å². The minimum Gasteiger partial charge on any atom is -0.465 e. The van der Waals surface area contributed by atoms with Crippen LogP contribution >= 0.6 is 0 Å². The zero-order valence-corrected chi connectivity index (χ0v) is 9.91. The van der Waals surface area contributed by atoms with Gasteiger partial charge < -0.3 is 9.84 Å². The van der Waals surface area contributed by atoms with Gasteiger partial charge in [-0.1, -0.05) is 20.8 Å². The second-order valence-electron chi connectivity index (χ2n) is 4.92. The van der Waals surface area contributed by atoms with Gasteiger partial charge in [0.25, 0.3) is 0 Å². The summed E-state index contributed by atoms with van der Waals surface area (Å²) in [5.41, 5.74) is -0.0744. The summed E-state index contributed by atoms with van der Waals surface area (Å²) in [5.74, 6) is 1.33. The zero-order chi connectivity index (χ0) is 12.1. The summed E-state index contributed by atoms with van der Waals surface area (Å²) in [7, 11) is 0. The number of aliphatic hydroxyl groups is 1. The van der Waals surface area contributed by atoms with Crippen LogP contribution in [-0.4, -0.2) is 23.8 Å². The number of hydrogen-bond donors (Lipinski definition) is 1. The molecule has 3 nitrogen and oxygen atoms in total. The average Bonchev–Trinajstić information content (AvgIpc) is 2.08. The lowest BCUT2D eigenvalue weighted by molar-refractivity contribution is -0.154. The van der Waals surface area contributed by atoms with E-state index in [2.05, 4.69) is 5.92 Å². The number of ether oxygens (including phenoxy) is 1. The van der Waals surface area contributed by atoms with Gasteiger partial charge in [0.05, 0.1) is 18.6 Å². The fraction of sp³-hybridized carbons (Fsp3) is 0.750. The molecular formula is C12H20O3. The fourth-order valence-electron chi connectivity index (χ4n) is 0.972. The summed E-state index contributed by atoms with van der Waals surface area (Å²) in [5, 5.41) is 9.35. The Morgan fingerprint density at radius 1 is 1.53 bits per heavy atom. The van der Waals surface area contributed by atoms with Crippen molar-refractivity contribution in [2.24, 2.45) is 11.3 Å². The normalized spacial score (nSPS) is 15.2. The maximum absolute atomic E-state index is 11.5. The molecule has 0 bridgehead atoms. The van der Waals surface area contributed by atoms with Crippen LogP contribution in [0.5, 0.6) is 0 Å². The zero-order valence-electron chi connectivity index (χ0n) is 9.91. The van der Waals surface area contributed by atoms with Crippen LogP contribution in [0.3, 0.4) is 0 Å². The van der Waals surface area contributed by atoms with Crippen LogP contribution in [0.25, 0.3) is 0 Å². The van der Waals surface area contributed by atoms with Crippen molar-refractivity contribution < 1.29 is 14.6 Å². The Morgan fingerprint density at radius 2 is 2.07 bits per heavy atom. The number of carbonyl (C=O) groups excluding carboxylic acids is 1. The van der Waals surface area contributed by atoms with Gasteiger partial charge in [0.15, 0.2) is 0 Å². The second kappa shape index (κ2) is 5.77. The number of esters is 1. The van der Waals surface area contributed by atoms with Crippen LogP contribution in [0.1, 0.15) is 34.1 Å². The Balaban J connectivity index is 4.23. The Labute approximate surface area is 91.8 Å². The molecule has 1 N–H and O–H groups in total. The molecule has 0 aromatic heterocycles. The average molecular weight is 212 g/mol. The minimum absolute atomic E-state index is 0.0744. The summed E-state index contributed by atoms with van der Waals surface area (Å²) in [6, 6.07) is 0. The van der Waals surface area contributed by atoms with Crippen molar-refractivity contribution in [2.45, 2.75) is 40.2 Å². The van der Waals surface area contributed by atoms with Gasteiger partial charge in [0.2, 0.25) is 0 Å². The predicted octanol–water partition coefficient (Wildman–Crippen LogP) is 1.60. The molecule has 0 unspecified atom stereocenters. The van der Waals surface area contributed by atoms with E-state index < -0.39 is 18.0 Å². The van der Waals surface area contributed by atoms with Crippen LogP contribution in [0.15, 0.2) is 0 Å². The third kappa shape index (κ3) is 6.14. The van der Waals surface area contributed by atoms with Crippen LogP contribution in [0.4, 0.5) is 0 Å². The van der Waals surface area contributed by atoms with Crippen LogP contribution in [0, 0.1) is 23.7 Å². The predicted molar refractivity (Wildman–Crippen MR) is 59.0 cm³/mol. The molecule has 0 amide bonds. The first-order valence-corrected chi connectivity index (χ1v) is 5.06. The van der Waals surface area contributed by atoms with Crippen molar-refractivity contribution in [1.82, 2.24) is 0 Å². The van der Waals surface area contributed by atoms with Gasteiger partial charge in [0.1, 0.15) is 0 Å². The number of terminal acetylenes is 1. The first-order valence-electron chi connectivity index (χ1n) is 5.06. The van der Waals surface area contributed by atoms with Crippen LogP contribution in [0.2, 0.25) is 0 Å². The lowest BCUT2D eigenvalue weighted by atomic mass is 9.97. The first-order chi connectivity index (χ1) is 6.78. The largest absolute Gasteiger partial charge is 0.465 e. The smallest absolute Gasteiger partial charge is 0.312 e. The van der Waals surface area contributed by atoms with Gasteiger partial charge in [0, 0.05) is 6.42 Å². The number of rotatable bonds is 4. The van der Waals surface area contributed by atoms with Gasteiger partial charge in [-0.05, 0) is 12.3 Å². The Morgan fingerprint density at radius 3 is 2.40 bits per heavy atom. The topological polar surface area (TPSA) is 46.5 Å². The molecule has 0 fully saturated rings. The Hall–Kier alpha value is -1.01. The second-order valence-corrected chi connectivity index (χ2v) is 4.92. The van der Waals surface area contributed by atoms with E-state index in [0.29, 0.717) is 6.61 Å². The molecular weight excluding hydrogens is 192 g/mol. The molecule has 0 saturated carbocycles. The van der Waals surface area contributed by atoms with E-state index >= 15 is 0 Å². The van der Waals surface area contributed by atoms with Crippen molar-refractivity contribution in [2.75, 3.05) is 6.61 Å². The molecule has 3 heteroatoms. The molecule has 15 heavy (non-hydrogen) atoms. The van der Waals surface area contributed by atoms with Crippen LogP contribution in [-0.2, 0) is 9.53 Å². The fourth-order valence-corrected chi connectivity index (χ4v) is 0.972. The standard InChI is InChI=1S/C12H20O3/c1-6-7-10(9(2)13)11(14)15-8-12(3,4)5/h1,9-10,13H,7-8H2,2-5H3/t9-,10-/m0/s1. The van der Waals surface area contributed by atoms with Gasteiger partial charge in [-0.15, -0.1) is 12.3 Å². The molecule has 0 rings (SSSR count). The van der Waals surface area contributed by atoms with Crippen molar-refractivity contribution in [3.63, 3.8) is 0 Å². The maximum Gasteiger partial charge on any atom is 0.312 e. The number of carbonyl (C=O) groups is 1. The van der Waals surface area contributed by atoms with Gasteiger partial charge in [-0.2, -0.15) is 0 Å². The summed E-state index contributed by atoms with van der Waals surface area (Å²) in [6.45, 7) is 7.79. The summed E-state index contributed by atoms with van der Waals surface area (Å²) in [6.07, 6.45) is 4.56. The summed E-state index contributed by atoms with van der Waals surface area (Å²) in [4.78, 5) is 11.5. The van der Waals surface area contributed by atoms with E-state index in [1.165, 1.54) is 0 Å². The van der Waals surface area contributed by atoms with Gasteiger partial charge >= 0.3 is 5.97 Å². The molecule has 0 aromatic carbocycles. The quantitative estimate of drug-likeness (QED) is 0.568. The Kier molecular flexibility index (Phi) is 5.38. The van der Waals surface area contributed by atoms with E-state index in [1.807, 2.05) is 20.8 Å². The highest BCUT2D eigenvalue weighted by atomic mass is 16.5. The summed E-state index contributed by atoms with van der Waals surface area (Å²) >= 11 is 0. The molecule has 0 saturated heterocycles. The molecule has 0 aliphatic heterocycles. The molecule has 86 valence electrons. The highest BCUT2D eigenvalue weighted by molar-refractivity contribution is 5.73. The van der Waals surface area contributed by atoms with E-state index in [0.717, 1.165) is 0 Å². The van der Waals surface area contributed by atoms with Gasteiger partial charge in [-0.3, -0.25) is 4.79 Å². The molecule has 0 aliphatic carbocycles. The van der Waals surface area contributed by atoms with E-state index in [4.69, 9.17) is 11.2 Å². The van der Waals surface area contributed by atoms with Crippen molar-refractivity contribution in [3.8, 4) is 12.3 Å². The van der Waals surface area contributed by atoms with Crippen molar-refractivity contribution >= 4 is 5.97 Å². The monoisotopic (exact) mass is 212 g/mol. The highest BCUT2D eigenvalue weighted by Gasteiger charge is 2.25. The molecule has 0 aromatic rings. The van der Waals surface area contributed by atoms with Gasteiger partial charge in [-0.25, -0.2) is 0 Å². The number of hydrogen-bond acceptors (Lipinski definition) is 3. The van der Waals surface area contributed by atoms with E-state index in [9.17, 15) is 9.90 Å². The molecule has 0 radical (unpaired) electrons. The van der Waals surface area contributed by atoms with E-state index in [-0.39, 0.29) is 11.8 Å². The highest BCUT2D eigenvalue weighted by Crippen LogP contribution is 2.16.